The third-order valence-corrected chi connectivity index (χ3v) is 4.43. The molecule has 3 heteroatoms. The first-order valence-corrected chi connectivity index (χ1v) is 7.36. The number of nitrogens with one attached hydrogen (secondary N) is 1. The Bertz CT molecular complexity index is 501. The molecule has 1 aliphatic carbocycles. The lowest BCUT2D eigenvalue weighted by atomic mass is 9.83. The second-order valence-corrected chi connectivity index (χ2v) is 5.76. The summed E-state index contributed by atoms with van der Waals surface area (Å²) in [5, 5.41) is 3.60. The summed E-state index contributed by atoms with van der Waals surface area (Å²) in [5.74, 6) is 0.867. The minimum atomic E-state index is -0.207. The highest BCUT2D eigenvalue weighted by Crippen LogP contribution is 2.37. The van der Waals surface area contributed by atoms with Crippen LogP contribution < -0.4 is 5.32 Å². The molecule has 20 heavy (non-hydrogen) atoms. The third kappa shape index (κ3) is 2.78. The second-order valence-electron chi connectivity index (χ2n) is 5.76. The van der Waals surface area contributed by atoms with E-state index in [1.165, 1.54) is 24.5 Å². The summed E-state index contributed by atoms with van der Waals surface area (Å²) < 4.78 is 5.22. The molecule has 0 saturated carbocycles. The van der Waals surface area contributed by atoms with Crippen molar-refractivity contribution >= 4 is 5.97 Å². The van der Waals surface area contributed by atoms with E-state index in [1.54, 1.807) is 0 Å². The first-order valence-electron chi connectivity index (χ1n) is 7.36. The van der Waals surface area contributed by atoms with Crippen molar-refractivity contribution in [2.24, 2.45) is 5.92 Å². The molecule has 106 valence electrons. The SMILES string of the molecule is CC(=O)OCC1=C[C@H](c2ccccc2)[C@@H]2CC[C@H]1NC2. The minimum absolute atomic E-state index is 0.207. The van der Waals surface area contributed by atoms with Gasteiger partial charge < -0.3 is 10.1 Å². The summed E-state index contributed by atoms with van der Waals surface area (Å²) in [4.78, 5) is 11.1. The van der Waals surface area contributed by atoms with E-state index in [9.17, 15) is 4.79 Å². The lowest BCUT2D eigenvalue weighted by Crippen LogP contribution is -2.39. The summed E-state index contributed by atoms with van der Waals surface area (Å²) in [7, 11) is 0. The Labute approximate surface area is 120 Å². The number of carbonyl (C=O) groups is 1. The third-order valence-electron chi connectivity index (χ3n) is 4.43. The van der Waals surface area contributed by atoms with E-state index in [4.69, 9.17) is 4.74 Å². The standard InChI is InChI=1S/C17H21NO2/c1-12(19)20-11-15-9-16(13-5-3-2-4-6-13)14-7-8-17(15)18-10-14/h2-6,9,14,16-18H,7-8,10-11H2,1H3/t14-,16-,17-/m1/s1. The van der Waals surface area contributed by atoms with Crippen LogP contribution in [-0.4, -0.2) is 25.2 Å². The molecule has 1 saturated heterocycles. The van der Waals surface area contributed by atoms with Crippen LogP contribution in [0.2, 0.25) is 0 Å². The fourth-order valence-corrected chi connectivity index (χ4v) is 3.36. The molecule has 1 aromatic rings. The number of carbonyl (C=O) groups excluding carboxylic acids is 1. The Morgan fingerprint density at radius 3 is 2.75 bits per heavy atom. The van der Waals surface area contributed by atoms with Gasteiger partial charge in [-0.15, -0.1) is 0 Å². The summed E-state index contributed by atoms with van der Waals surface area (Å²) >= 11 is 0. The molecular formula is C17H21NO2. The van der Waals surface area contributed by atoms with Crippen molar-refractivity contribution in [3.63, 3.8) is 0 Å². The molecule has 3 aliphatic rings. The van der Waals surface area contributed by atoms with Crippen molar-refractivity contribution in [1.29, 1.82) is 0 Å². The summed E-state index contributed by atoms with van der Waals surface area (Å²) in [6, 6.07) is 11.0. The molecule has 0 unspecified atom stereocenters. The van der Waals surface area contributed by atoms with Gasteiger partial charge in [0, 0.05) is 18.9 Å². The molecule has 1 aromatic carbocycles. The van der Waals surface area contributed by atoms with Crippen molar-refractivity contribution in [3.05, 3.63) is 47.5 Å². The molecule has 0 amide bonds. The maximum atomic E-state index is 11.1. The zero-order chi connectivity index (χ0) is 13.9. The summed E-state index contributed by atoms with van der Waals surface area (Å²) in [5.41, 5.74) is 2.59. The largest absolute Gasteiger partial charge is 0.461 e. The quantitative estimate of drug-likeness (QED) is 0.678. The molecule has 3 nitrogen and oxygen atoms in total. The van der Waals surface area contributed by atoms with E-state index in [-0.39, 0.29) is 5.97 Å². The fraction of sp³-hybridized carbons (Fsp3) is 0.471. The van der Waals surface area contributed by atoms with Gasteiger partial charge in [-0.25, -0.2) is 0 Å². The Balaban J connectivity index is 1.87. The van der Waals surface area contributed by atoms with Crippen LogP contribution in [0.1, 0.15) is 31.2 Å². The first-order chi connectivity index (χ1) is 9.74. The molecule has 2 aliphatic heterocycles. The lowest BCUT2D eigenvalue weighted by molar-refractivity contribution is -0.140. The van der Waals surface area contributed by atoms with E-state index < -0.39 is 0 Å². The van der Waals surface area contributed by atoms with Crippen LogP contribution in [0.25, 0.3) is 0 Å². The Morgan fingerprint density at radius 1 is 1.30 bits per heavy atom. The normalized spacial score (nSPS) is 28.6. The van der Waals surface area contributed by atoms with Crippen molar-refractivity contribution in [3.8, 4) is 0 Å². The second kappa shape index (κ2) is 5.80. The van der Waals surface area contributed by atoms with E-state index in [1.807, 2.05) is 0 Å². The van der Waals surface area contributed by atoms with Gasteiger partial charge >= 0.3 is 5.97 Å². The fourth-order valence-electron chi connectivity index (χ4n) is 3.36. The number of fused-ring (bicyclic) bond motifs is 3. The monoisotopic (exact) mass is 271 g/mol. The highest BCUT2D eigenvalue weighted by molar-refractivity contribution is 5.66. The lowest BCUT2D eigenvalue weighted by Gasteiger charge is -2.29. The predicted molar refractivity (Wildman–Crippen MR) is 78.4 cm³/mol. The van der Waals surface area contributed by atoms with Crippen molar-refractivity contribution in [1.82, 2.24) is 5.32 Å². The number of benzene rings is 1. The number of hydrogen-bond acceptors (Lipinski definition) is 3. The van der Waals surface area contributed by atoms with Gasteiger partial charge in [-0.1, -0.05) is 36.4 Å². The number of esters is 1. The van der Waals surface area contributed by atoms with Gasteiger partial charge in [0.2, 0.25) is 0 Å². The molecule has 1 fully saturated rings. The Kier molecular flexibility index (Phi) is 3.88. The van der Waals surface area contributed by atoms with Gasteiger partial charge in [-0.3, -0.25) is 4.79 Å². The average molecular weight is 271 g/mol. The van der Waals surface area contributed by atoms with Crippen LogP contribution in [0, 0.1) is 5.92 Å². The molecule has 4 rings (SSSR count). The Morgan fingerprint density at radius 2 is 2.10 bits per heavy atom. The van der Waals surface area contributed by atoms with Crippen LogP contribution >= 0.6 is 0 Å². The van der Waals surface area contributed by atoms with E-state index in [0.29, 0.717) is 24.5 Å². The molecule has 1 N–H and O–H groups in total. The van der Waals surface area contributed by atoms with Gasteiger partial charge in [0.25, 0.3) is 0 Å². The maximum Gasteiger partial charge on any atom is 0.302 e. The zero-order valence-corrected chi connectivity index (χ0v) is 11.8. The predicted octanol–water partition coefficient (Wildman–Crippen LogP) is 2.64. The van der Waals surface area contributed by atoms with Crippen molar-refractivity contribution < 1.29 is 9.53 Å². The molecular weight excluding hydrogens is 250 g/mol. The van der Waals surface area contributed by atoms with Crippen LogP contribution in [0.3, 0.4) is 0 Å². The van der Waals surface area contributed by atoms with Gasteiger partial charge in [0.15, 0.2) is 0 Å². The average Bonchev–Trinajstić information content (AvgIpc) is 2.76. The highest BCUT2D eigenvalue weighted by atomic mass is 16.5. The van der Waals surface area contributed by atoms with Crippen molar-refractivity contribution in [2.45, 2.75) is 31.7 Å². The number of piperidine rings is 1. The van der Waals surface area contributed by atoms with E-state index >= 15 is 0 Å². The van der Waals surface area contributed by atoms with Crippen molar-refractivity contribution in [2.75, 3.05) is 13.2 Å². The van der Waals surface area contributed by atoms with Gasteiger partial charge in [0.05, 0.1) is 0 Å². The summed E-state index contributed by atoms with van der Waals surface area (Å²) in [6.45, 7) is 2.93. The van der Waals surface area contributed by atoms with E-state index in [2.05, 4.69) is 41.7 Å². The zero-order valence-electron chi connectivity index (χ0n) is 11.8. The van der Waals surface area contributed by atoms with Gasteiger partial charge in [0.1, 0.15) is 6.61 Å². The minimum Gasteiger partial charge on any atom is -0.461 e. The van der Waals surface area contributed by atoms with Gasteiger partial charge in [-0.05, 0) is 36.4 Å². The number of rotatable bonds is 3. The first kappa shape index (κ1) is 13.4. The molecule has 0 radical (unpaired) electrons. The number of allylic oxidation sites excluding steroid dienone is 1. The smallest absolute Gasteiger partial charge is 0.302 e. The maximum absolute atomic E-state index is 11.1. The van der Waals surface area contributed by atoms with E-state index in [0.717, 1.165) is 13.0 Å². The molecule has 2 bridgehead atoms. The number of ether oxygens (including phenoxy) is 1. The van der Waals surface area contributed by atoms with Crippen LogP contribution in [0.5, 0.6) is 0 Å². The molecule has 2 heterocycles. The molecule has 0 aromatic heterocycles. The van der Waals surface area contributed by atoms with Gasteiger partial charge in [-0.2, -0.15) is 0 Å². The molecule has 0 spiro atoms. The highest BCUT2D eigenvalue weighted by Gasteiger charge is 2.33. The summed E-state index contributed by atoms with van der Waals surface area (Å²) in [6.07, 6.45) is 4.71. The Hall–Kier alpha value is -1.61. The number of hydrogen-bond donors (Lipinski definition) is 1. The topological polar surface area (TPSA) is 38.3 Å². The van der Waals surface area contributed by atoms with Crippen LogP contribution in [0.4, 0.5) is 0 Å². The van der Waals surface area contributed by atoms with Crippen LogP contribution in [0.15, 0.2) is 42.0 Å². The van der Waals surface area contributed by atoms with Crippen LogP contribution in [-0.2, 0) is 9.53 Å². The molecule has 3 atom stereocenters.